The van der Waals surface area contributed by atoms with Crippen LogP contribution in [0.15, 0.2) is 36.4 Å². The number of rotatable bonds is 3. The van der Waals surface area contributed by atoms with Gasteiger partial charge in [0, 0.05) is 17.8 Å². The minimum Gasteiger partial charge on any atom is -0.507 e. The third kappa shape index (κ3) is 2.86. The van der Waals surface area contributed by atoms with E-state index < -0.39 is 0 Å². The van der Waals surface area contributed by atoms with E-state index in [0.29, 0.717) is 17.9 Å². The Kier molecular flexibility index (Phi) is 3.72. The number of phenols is 1. The van der Waals surface area contributed by atoms with Crippen LogP contribution in [0.3, 0.4) is 0 Å². The lowest BCUT2D eigenvalue weighted by molar-refractivity contribution is 0.465. The van der Waals surface area contributed by atoms with Crippen LogP contribution in [-0.2, 0) is 6.54 Å². The van der Waals surface area contributed by atoms with Crippen LogP contribution < -0.4 is 5.32 Å². The fraction of sp³-hybridized carbons (Fsp3) is 0.188. The number of nitrogens with zero attached hydrogens (tertiary/aromatic N) is 1. The Bertz CT molecular complexity index is 642. The summed E-state index contributed by atoms with van der Waals surface area (Å²) < 4.78 is 0. The largest absolute Gasteiger partial charge is 0.507 e. The van der Waals surface area contributed by atoms with Crippen LogP contribution in [0.5, 0.6) is 5.75 Å². The van der Waals surface area contributed by atoms with Gasteiger partial charge < -0.3 is 10.4 Å². The second-order valence-corrected chi connectivity index (χ2v) is 4.58. The van der Waals surface area contributed by atoms with E-state index in [4.69, 9.17) is 5.26 Å². The van der Waals surface area contributed by atoms with Gasteiger partial charge in [0.25, 0.3) is 0 Å². The highest BCUT2D eigenvalue weighted by molar-refractivity contribution is 5.56. The van der Waals surface area contributed by atoms with E-state index in [2.05, 4.69) is 11.4 Å². The number of benzene rings is 2. The summed E-state index contributed by atoms with van der Waals surface area (Å²) >= 11 is 0. The molecule has 0 bridgehead atoms. The zero-order chi connectivity index (χ0) is 13.8. The van der Waals surface area contributed by atoms with Gasteiger partial charge in [0.1, 0.15) is 5.75 Å². The first-order valence-electron chi connectivity index (χ1n) is 6.14. The first-order valence-corrected chi connectivity index (χ1v) is 6.14. The number of hydrogen-bond donors (Lipinski definition) is 2. The summed E-state index contributed by atoms with van der Waals surface area (Å²) in [4.78, 5) is 0. The fourth-order valence-corrected chi connectivity index (χ4v) is 1.93. The fourth-order valence-electron chi connectivity index (χ4n) is 1.93. The standard InChI is InChI=1S/C16H16N2O/c1-11-6-7-13(9-17)8-15(11)18-10-14-5-3-4-12(2)16(14)19/h3-8,18-19H,10H2,1-2H3. The molecule has 2 aromatic rings. The molecule has 0 heterocycles. The Morgan fingerprint density at radius 3 is 2.68 bits per heavy atom. The molecule has 0 aliphatic rings. The predicted octanol–water partition coefficient (Wildman–Crippen LogP) is 3.49. The van der Waals surface area contributed by atoms with Crippen LogP contribution in [-0.4, -0.2) is 5.11 Å². The van der Waals surface area contributed by atoms with Gasteiger partial charge in [-0.05, 0) is 37.1 Å². The van der Waals surface area contributed by atoms with Crippen LogP contribution in [0.25, 0.3) is 0 Å². The van der Waals surface area contributed by atoms with E-state index in [1.165, 1.54) is 0 Å². The number of anilines is 1. The summed E-state index contributed by atoms with van der Waals surface area (Å²) in [6.07, 6.45) is 0. The molecule has 19 heavy (non-hydrogen) atoms. The number of hydrogen-bond acceptors (Lipinski definition) is 3. The lowest BCUT2D eigenvalue weighted by Crippen LogP contribution is -2.02. The van der Waals surface area contributed by atoms with Crippen molar-refractivity contribution in [3.8, 4) is 11.8 Å². The highest BCUT2D eigenvalue weighted by atomic mass is 16.3. The molecule has 96 valence electrons. The Morgan fingerprint density at radius 1 is 1.16 bits per heavy atom. The van der Waals surface area contributed by atoms with Crippen molar-refractivity contribution in [1.82, 2.24) is 0 Å². The van der Waals surface area contributed by atoms with Gasteiger partial charge in [-0.15, -0.1) is 0 Å². The minimum atomic E-state index is 0.323. The summed E-state index contributed by atoms with van der Waals surface area (Å²) in [5.74, 6) is 0.323. The molecular weight excluding hydrogens is 236 g/mol. The monoisotopic (exact) mass is 252 g/mol. The smallest absolute Gasteiger partial charge is 0.123 e. The summed E-state index contributed by atoms with van der Waals surface area (Å²) in [7, 11) is 0. The van der Waals surface area contributed by atoms with Crippen molar-refractivity contribution in [2.75, 3.05) is 5.32 Å². The van der Waals surface area contributed by atoms with E-state index in [-0.39, 0.29) is 0 Å². The second kappa shape index (κ2) is 5.45. The SMILES string of the molecule is Cc1ccc(C#N)cc1NCc1cccc(C)c1O. The lowest BCUT2D eigenvalue weighted by Gasteiger charge is -2.12. The first-order chi connectivity index (χ1) is 9.11. The molecule has 0 unspecified atom stereocenters. The number of aromatic hydroxyl groups is 1. The molecule has 0 saturated heterocycles. The van der Waals surface area contributed by atoms with Gasteiger partial charge in [0.15, 0.2) is 0 Å². The molecule has 3 nitrogen and oxygen atoms in total. The van der Waals surface area contributed by atoms with Gasteiger partial charge in [0.05, 0.1) is 11.6 Å². The summed E-state index contributed by atoms with van der Waals surface area (Å²) in [5.41, 5.74) is 4.33. The van der Waals surface area contributed by atoms with Crippen LogP contribution in [0, 0.1) is 25.2 Å². The van der Waals surface area contributed by atoms with Gasteiger partial charge >= 0.3 is 0 Å². The molecule has 0 radical (unpaired) electrons. The molecule has 0 aromatic heterocycles. The van der Waals surface area contributed by atoms with E-state index >= 15 is 0 Å². The van der Waals surface area contributed by atoms with Gasteiger partial charge in [0.2, 0.25) is 0 Å². The highest BCUT2D eigenvalue weighted by Gasteiger charge is 2.05. The van der Waals surface area contributed by atoms with Crippen LogP contribution >= 0.6 is 0 Å². The Labute approximate surface area is 113 Å². The topological polar surface area (TPSA) is 56.0 Å². The van der Waals surface area contributed by atoms with E-state index in [0.717, 1.165) is 22.4 Å². The molecule has 0 aliphatic heterocycles. The maximum absolute atomic E-state index is 9.95. The maximum atomic E-state index is 9.95. The van der Waals surface area contributed by atoms with Crippen molar-refractivity contribution >= 4 is 5.69 Å². The zero-order valence-corrected chi connectivity index (χ0v) is 11.1. The number of para-hydroxylation sites is 1. The van der Waals surface area contributed by atoms with Crippen molar-refractivity contribution in [1.29, 1.82) is 5.26 Å². The molecule has 0 spiro atoms. The van der Waals surface area contributed by atoms with Crippen LogP contribution in [0.4, 0.5) is 5.69 Å². The van der Waals surface area contributed by atoms with Crippen molar-refractivity contribution < 1.29 is 5.11 Å². The Balaban J connectivity index is 2.19. The Morgan fingerprint density at radius 2 is 1.95 bits per heavy atom. The zero-order valence-electron chi connectivity index (χ0n) is 11.1. The summed E-state index contributed by atoms with van der Waals surface area (Å²) in [6.45, 7) is 4.39. The third-order valence-electron chi connectivity index (χ3n) is 3.16. The molecular formula is C16H16N2O. The van der Waals surface area contributed by atoms with Gasteiger partial charge in [-0.2, -0.15) is 5.26 Å². The van der Waals surface area contributed by atoms with Crippen molar-refractivity contribution in [3.63, 3.8) is 0 Å². The average molecular weight is 252 g/mol. The molecule has 2 N–H and O–H groups in total. The molecule has 2 aromatic carbocycles. The molecule has 2 rings (SSSR count). The average Bonchev–Trinajstić information content (AvgIpc) is 2.42. The minimum absolute atomic E-state index is 0.323. The van der Waals surface area contributed by atoms with Crippen molar-refractivity contribution in [2.24, 2.45) is 0 Å². The van der Waals surface area contributed by atoms with Crippen molar-refractivity contribution in [3.05, 3.63) is 58.7 Å². The quantitative estimate of drug-likeness (QED) is 0.879. The number of nitriles is 1. The number of phenolic OH excluding ortho intramolecular Hbond substituents is 1. The van der Waals surface area contributed by atoms with Gasteiger partial charge in [-0.3, -0.25) is 0 Å². The first kappa shape index (κ1) is 13.0. The third-order valence-corrected chi connectivity index (χ3v) is 3.16. The maximum Gasteiger partial charge on any atom is 0.123 e. The van der Waals surface area contributed by atoms with Crippen molar-refractivity contribution in [2.45, 2.75) is 20.4 Å². The van der Waals surface area contributed by atoms with Gasteiger partial charge in [-0.1, -0.05) is 24.3 Å². The normalized spacial score (nSPS) is 9.95. The number of aryl methyl sites for hydroxylation is 2. The molecule has 0 atom stereocenters. The summed E-state index contributed by atoms with van der Waals surface area (Å²) in [5, 5.41) is 22.1. The van der Waals surface area contributed by atoms with Crippen LogP contribution in [0.1, 0.15) is 22.3 Å². The second-order valence-electron chi connectivity index (χ2n) is 4.58. The summed E-state index contributed by atoms with van der Waals surface area (Å²) in [6, 6.07) is 13.3. The highest BCUT2D eigenvalue weighted by Crippen LogP contribution is 2.23. The Hall–Kier alpha value is -2.47. The van der Waals surface area contributed by atoms with E-state index in [1.807, 2.05) is 44.2 Å². The van der Waals surface area contributed by atoms with E-state index in [1.54, 1.807) is 6.07 Å². The predicted molar refractivity (Wildman–Crippen MR) is 76.1 cm³/mol. The molecule has 0 saturated carbocycles. The van der Waals surface area contributed by atoms with E-state index in [9.17, 15) is 5.11 Å². The van der Waals surface area contributed by atoms with Crippen LogP contribution in [0.2, 0.25) is 0 Å². The molecule has 0 aliphatic carbocycles. The van der Waals surface area contributed by atoms with Gasteiger partial charge in [-0.25, -0.2) is 0 Å². The molecule has 3 heteroatoms. The molecule has 0 amide bonds. The number of nitrogens with one attached hydrogen (secondary N) is 1. The lowest BCUT2D eigenvalue weighted by atomic mass is 10.1. The molecule has 0 fully saturated rings.